The van der Waals surface area contributed by atoms with Crippen molar-refractivity contribution in [3.63, 3.8) is 0 Å². The van der Waals surface area contributed by atoms with Crippen LogP contribution in [0, 0.1) is 12.8 Å². The van der Waals surface area contributed by atoms with Crippen molar-refractivity contribution >= 4 is 11.5 Å². The molecule has 117 valence electrons. The molecule has 0 spiro atoms. The predicted octanol–water partition coefficient (Wildman–Crippen LogP) is 2.45. The van der Waals surface area contributed by atoms with Gasteiger partial charge >= 0.3 is 0 Å². The van der Waals surface area contributed by atoms with Crippen LogP contribution in [0.1, 0.15) is 25.8 Å². The van der Waals surface area contributed by atoms with E-state index >= 15 is 0 Å². The molecule has 0 saturated carbocycles. The van der Waals surface area contributed by atoms with Gasteiger partial charge in [-0.2, -0.15) is 0 Å². The molecule has 0 amide bonds. The van der Waals surface area contributed by atoms with Crippen molar-refractivity contribution < 1.29 is 14.6 Å². The maximum atomic E-state index is 12.5. The molecule has 0 saturated heterocycles. The fourth-order valence-corrected chi connectivity index (χ4v) is 2.41. The molecular formula is C17H26NO3. The van der Waals surface area contributed by atoms with E-state index in [1.165, 1.54) is 0 Å². The number of Topliss-reactive ketones (excluding diaryl/α,β-unsaturated/α-hetero) is 1. The Bertz CT molecular complexity index is 445. The predicted molar refractivity (Wildman–Crippen MR) is 85.2 cm³/mol. The van der Waals surface area contributed by atoms with Crippen LogP contribution >= 0.6 is 0 Å². The average Bonchev–Trinajstić information content (AvgIpc) is 2.50. The standard InChI is InChI=1S/C17H26NO3/c1-5-10-18(15-9-7-6-8-14(15)11-19)16(12-21-4)17(20)13(2)3/h6-9,13,16,19H,1,5,10-12H2,2-4H3. The van der Waals surface area contributed by atoms with E-state index in [0.717, 1.165) is 11.3 Å². The third-order valence-corrected chi connectivity index (χ3v) is 3.47. The van der Waals surface area contributed by atoms with Crippen LogP contribution in [0.25, 0.3) is 0 Å². The number of nitrogens with zero attached hydrogens (tertiary/aromatic N) is 1. The highest BCUT2D eigenvalue weighted by atomic mass is 16.5. The van der Waals surface area contributed by atoms with Crippen molar-refractivity contribution in [2.45, 2.75) is 32.9 Å². The van der Waals surface area contributed by atoms with E-state index in [1.807, 2.05) is 43.0 Å². The van der Waals surface area contributed by atoms with Crippen LogP contribution in [0.15, 0.2) is 24.3 Å². The summed E-state index contributed by atoms with van der Waals surface area (Å²) in [5.41, 5.74) is 1.68. The number of rotatable bonds is 9. The molecule has 1 unspecified atom stereocenters. The fourth-order valence-electron chi connectivity index (χ4n) is 2.41. The Morgan fingerprint density at radius 2 is 2.05 bits per heavy atom. The monoisotopic (exact) mass is 292 g/mol. The van der Waals surface area contributed by atoms with Crippen molar-refractivity contribution in [1.82, 2.24) is 0 Å². The van der Waals surface area contributed by atoms with Gasteiger partial charge in [0.2, 0.25) is 0 Å². The molecule has 1 radical (unpaired) electrons. The van der Waals surface area contributed by atoms with Crippen molar-refractivity contribution in [1.29, 1.82) is 0 Å². The molecular weight excluding hydrogens is 266 g/mol. The number of hydrogen-bond donors (Lipinski definition) is 1. The molecule has 4 nitrogen and oxygen atoms in total. The summed E-state index contributed by atoms with van der Waals surface area (Å²) >= 11 is 0. The van der Waals surface area contributed by atoms with Crippen LogP contribution < -0.4 is 4.90 Å². The van der Waals surface area contributed by atoms with Crippen molar-refractivity contribution in [3.05, 3.63) is 36.8 Å². The second-order valence-corrected chi connectivity index (χ2v) is 5.36. The summed E-state index contributed by atoms with van der Waals surface area (Å²) < 4.78 is 5.25. The first-order valence-electron chi connectivity index (χ1n) is 7.34. The lowest BCUT2D eigenvalue weighted by Gasteiger charge is -2.34. The first-order valence-corrected chi connectivity index (χ1v) is 7.34. The van der Waals surface area contributed by atoms with Gasteiger partial charge < -0.3 is 14.7 Å². The van der Waals surface area contributed by atoms with Gasteiger partial charge in [0.15, 0.2) is 5.78 Å². The minimum atomic E-state index is -0.357. The van der Waals surface area contributed by atoms with Crippen molar-refractivity contribution in [3.8, 4) is 0 Å². The Balaban J connectivity index is 3.20. The fraction of sp³-hybridized carbons (Fsp3) is 0.529. The summed E-state index contributed by atoms with van der Waals surface area (Å²) in [7, 11) is 1.60. The number of carbonyl (C=O) groups is 1. The maximum absolute atomic E-state index is 12.5. The van der Waals surface area contributed by atoms with E-state index in [2.05, 4.69) is 6.92 Å². The molecule has 1 atom stereocenters. The number of ketones is 1. The molecule has 0 bridgehead atoms. The van der Waals surface area contributed by atoms with Crippen LogP contribution in [0.2, 0.25) is 0 Å². The van der Waals surface area contributed by atoms with Gasteiger partial charge in [-0.15, -0.1) is 0 Å². The number of aliphatic hydroxyl groups is 1. The highest BCUT2D eigenvalue weighted by Gasteiger charge is 2.28. The zero-order valence-corrected chi connectivity index (χ0v) is 13.2. The van der Waals surface area contributed by atoms with Gasteiger partial charge in [-0.3, -0.25) is 4.79 Å². The molecule has 0 aromatic heterocycles. The van der Waals surface area contributed by atoms with Gasteiger partial charge in [0.25, 0.3) is 0 Å². The van der Waals surface area contributed by atoms with Gasteiger partial charge in [-0.25, -0.2) is 0 Å². The number of hydrogen-bond acceptors (Lipinski definition) is 4. The van der Waals surface area contributed by atoms with E-state index in [-0.39, 0.29) is 24.3 Å². The molecule has 0 aliphatic heterocycles. The zero-order chi connectivity index (χ0) is 15.8. The van der Waals surface area contributed by atoms with Gasteiger partial charge in [0.05, 0.1) is 13.2 Å². The number of methoxy groups -OCH3 is 1. The molecule has 1 aromatic rings. The minimum Gasteiger partial charge on any atom is -0.392 e. The summed E-state index contributed by atoms with van der Waals surface area (Å²) in [5, 5.41) is 9.54. The summed E-state index contributed by atoms with van der Waals surface area (Å²) in [6.45, 7) is 8.60. The second kappa shape index (κ2) is 8.80. The topological polar surface area (TPSA) is 49.8 Å². The summed E-state index contributed by atoms with van der Waals surface area (Å²) in [6, 6.07) is 7.23. The molecule has 0 heterocycles. The van der Waals surface area contributed by atoms with Gasteiger partial charge in [-0.1, -0.05) is 39.0 Å². The van der Waals surface area contributed by atoms with Crippen LogP contribution in [0.4, 0.5) is 5.69 Å². The van der Waals surface area contributed by atoms with Gasteiger partial charge in [0, 0.05) is 30.8 Å². The molecule has 0 aliphatic carbocycles. The quantitative estimate of drug-likeness (QED) is 0.759. The number of benzene rings is 1. The molecule has 1 rings (SSSR count). The van der Waals surface area contributed by atoms with Crippen LogP contribution in [0.5, 0.6) is 0 Å². The lowest BCUT2D eigenvalue weighted by atomic mass is 9.99. The van der Waals surface area contributed by atoms with E-state index < -0.39 is 0 Å². The third-order valence-electron chi connectivity index (χ3n) is 3.47. The normalized spacial score (nSPS) is 12.5. The van der Waals surface area contributed by atoms with Crippen molar-refractivity contribution in [2.24, 2.45) is 5.92 Å². The SMILES string of the molecule is [CH2]CCN(c1ccccc1CO)C(COC)C(=O)C(C)C. The third kappa shape index (κ3) is 4.55. The zero-order valence-electron chi connectivity index (χ0n) is 13.2. The Labute approximate surface area is 127 Å². The number of ether oxygens (including phenoxy) is 1. The second-order valence-electron chi connectivity index (χ2n) is 5.36. The molecule has 0 fully saturated rings. The smallest absolute Gasteiger partial charge is 0.160 e. The van der Waals surface area contributed by atoms with Crippen LogP contribution in [-0.4, -0.2) is 37.2 Å². The molecule has 1 aromatic carbocycles. The van der Waals surface area contributed by atoms with Gasteiger partial charge in [-0.05, 0) is 12.5 Å². The average molecular weight is 292 g/mol. The van der Waals surface area contributed by atoms with Crippen LogP contribution in [0.3, 0.4) is 0 Å². The highest BCUT2D eigenvalue weighted by molar-refractivity contribution is 5.89. The summed E-state index contributed by atoms with van der Waals surface area (Å²) in [4.78, 5) is 14.5. The van der Waals surface area contributed by atoms with Crippen LogP contribution in [-0.2, 0) is 16.1 Å². The largest absolute Gasteiger partial charge is 0.392 e. The molecule has 0 aliphatic rings. The lowest BCUT2D eigenvalue weighted by Crippen LogP contribution is -2.47. The number of anilines is 1. The Hall–Kier alpha value is -1.39. The summed E-state index contributed by atoms with van der Waals surface area (Å²) in [6.07, 6.45) is 0.672. The van der Waals surface area contributed by atoms with Gasteiger partial charge in [0.1, 0.15) is 6.04 Å². The van der Waals surface area contributed by atoms with E-state index in [4.69, 9.17) is 4.74 Å². The number of aliphatic hydroxyl groups excluding tert-OH is 1. The molecule has 1 N–H and O–H groups in total. The highest BCUT2D eigenvalue weighted by Crippen LogP contribution is 2.24. The Morgan fingerprint density at radius 1 is 1.38 bits per heavy atom. The van der Waals surface area contributed by atoms with E-state index in [9.17, 15) is 9.90 Å². The first-order chi connectivity index (χ1) is 10.1. The summed E-state index contributed by atoms with van der Waals surface area (Å²) in [5.74, 6) is 0.0665. The Morgan fingerprint density at radius 3 is 2.57 bits per heavy atom. The van der Waals surface area contributed by atoms with Crippen molar-refractivity contribution in [2.75, 3.05) is 25.2 Å². The minimum absolute atomic E-state index is 0.0562. The Kier molecular flexibility index (Phi) is 7.40. The van der Waals surface area contributed by atoms with E-state index in [1.54, 1.807) is 7.11 Å². The maximum Gasteiger partial charge on any atom is 0.160 e. The lowest BCUT2D eigenvalue weighted by molar-refractivity contribution is -0.124. The molecule has 4 heteroatoms. The molecule has 21 heavy (non-hydrogen) atoms. The number of carbonyl (C=O) groups excluding carboxylic acids is 1. The number of para-hydroxylation sites is 1. The first kappa shape index (κ1) is 17.7. The van der Waals surface area contributed by atoms with E-state index in [0.29, 0.717) is 19.6 Å².